The van der Waals surface area contributed by atoms with Gasteiger partial charge in [0.1, 0.15) is 24.1 Å². The predicted molar refractivity (Wildman–Crippen MR) is 119 cm³/mol. The van der Waals surface area contributed by atoms with Crippen molar-refractivity contribution in [2.45, 2.75) is 52.2 Å². The minimum Gasteiger partial charge on any atom is -0.357 e. The molecule has 1 aliphatic carbocycles. The molecule has 0 radical (unpaired) electrons. The lowest BCUT2D eigenvalue weighted by Crippen LogP contribution is -2.48. The molecule has 2 aliphatic rings. The van der Waals surface area contributed by atoms with Crippen LogP contribution in [0.25, 0.3) is 22.2 Å². The third-order valence-corrected chi connectivity index (χ3v) is 6.54. The maximum atomic E-state index is 13.3. The molecular formula is C23H25N7O3. The van der Waals surface area contributed by atoms with Gasteiger partial charge in [0.25, 0.3) is 0 Å². The van der Waals surface area contributed by atoms with Gasteiger partial charge < -0.3 is 10.2 Å². The predicted octanol–water partition coefficient (Wildman–Crippen LogP) is 1.44. The number of Topliss-reactive ketones (excluding diaryl/α,β-unsaturated/α-hetero) is 1. The van der Waals surface area contributed by atoms with Crippen molar-refractivity contribution < 1.29 is 14.4 Å². The molecule has 2 amide bonds. The summed E-state index contributed by atoms with van der Waals surface area (Å²) in [7, 11) is 1.58. The second-order valence-corrected chi connectivity index (χ2v) is 8.80. The number of nitrogens with zero attached hydrogens (tertiary/aromatic N) is 6. The first-order valence-corrected chi connectivity index (χ1v) is 11.0. The number of nitrogens with one attached hydrogen (secondary N) is 1. The van der Waals surface area contributed by atoms with Gasteiger partial charge in [-0.2, -0.15) is 5.10 Å². The standard InChI is InChI=1S/C23H25N7O3/c1-11-22-16(7-17(27-11)15-8-25-13(3)26-9-15)21(12(2)31)28-29(22)10-20(32)30-18-5-14(18)6-19(30)23(33)24-4/h7-9,14,18-19H,5-6,10H2,1-4H3,(H,24,33). The van der Waals surface area contributed by atoms with Crippen molar-refractivity contribution in [2.24, 2.45) is 5.92 Å². The number of likely N-dealkylation sites (tertiary alicyclic amines) is 1. The zero-order chi connectivity index (χ0) is 23.4. The molecule has 3 atom stereocenters. The molecule has 0 aromatic carbocycles. The number of rotatable bonds is 5. The van der Waals surface area contributed by atoms with Crippen LogP contribution in [0.1, 0.15) is 41.8 Å². The molecule has 5 rings (SSSR count). The monoisotopic (exact) mass is 447 g/mol. The summed E-state index contributed by atoms with van der Waals surface area (Å²) in [6, 6.07) is 1.45. The average Bonchev–Trinajstić information content (AvgIpc) is 3.28. The van der Waals surface area contributed by atoms with Gasteiger partial charge in [-0.3, -0.25) is 24.0 Å². The molecule has 3 aromatic heterocycles. The van der Waals surface area contributed by atoms with Crippen LogP contribution in [0.2, 0.25) is 0 Å². The second-order valence-electron chi connectivity index (χ2n) is 8.80. The summed E-state index contributed by atoms with van der Waals surface area (Å²) in [6.45, 7) is 5.03. The van der Waals surface area contributed by atoms with E-state index in [-0.39, 0.29) is 35.9 Å². The Hall–Kier alpha value is -3.69. The van der Waals surface area contributed by atoms with E-state index in [1.807, 2.05) is 6.92 Å². The zero-order valence-electron chi connectivity index (χ0n) is 19.0. The van der Waals surface area contributed by atoms with E-state index < -0.39 is 6.04 Å². The fourth-order valence-electron chi connectivity index (χ4n) is 4.87. The van der Waals surface area contributed by atoms with Crippen molar-refractivity contribution in [3.8, 4) is 11.3 Å². The maximum absolute atomic E-state index is 13.3. The fraction of sp³-hybridized carbons (Fsp3) is 0.435. The van der Waals surface area contributed by atoms with Crippen LogP contribution in [0.15, 0.2) is 18.5 Å². The lowest BCUT2D eigenvalue weighted by atomic mass is 10.1. The number of carbonyl (C=O) groups excluding carboxylic acids is 3. The summed E-state index contributed by atoms with van der Waals surface area (Å²) in [5, 5.41) is 7.78. The van der Waals surface area contributed by atoms with Gasteiger partial charge in [0.2, 0.25) is 11.8 Å². The van der Waals surface area contributed by atoms with E-state index in [2.05, 4.69) is 25.4 Å². The summed E-state index contributed by atoms with van der Waals surface area (Å²) in [6.07, 6.45) is 5.00. The molecule has 1 saturated carbocycles. The fourth-order valence-corrected chi connectivity index (χ4v) is 4.87. The van der Waals surface area contributed by atoms with Crippen molar-refractivity contribution in [3.05, 3.63) is 35.7 Å². The first-order chi connectivity index (χ1) is 15.8. The Morgan fingerprint density at radius 2 is 1.88 bits per heavy atom. The number of hydrogen-bond acceptors (Lipinski definition) is 7. The Kier molecular flexibility index (Phi) is 4.95. The van der Waals surface area contributed by atoms with Gasteiger partial charge in [0.15, 0.2) is 5.78 Å². The minimum atomic E-state index is -0.451. The maximum Gasteiger partial charge on any atom is 0.245 e. The molecule has 2 fully saturated rings. The highest BCUT2D eigenvalue weighted by atomic mass is 16.2. The van der Waals surface area contributed by atoms with Crippen LogP contribution in [0.3, 0.4) is 0 Å². The van der Waals surface area contributed by atoms with E-state index in [1.54, 1.807) is 42.0 Å². The Morgan fingerprint density at radius 1 is 1.15 bits per heavy atom. The van der Waals surface area contributed by atoms with Crippen LogP contribution < -0.4 is 5.32 Å². The lowest BCUT2D eigenvalue weighted by Gasteiger charge is -2.26. The molecule has 4 heterocycles. The highest BCUT2D eigenvalue weighted by Crippen LogP contribution is 2.48. The van der Waals surface area contributed by atoms with E-state index in [9.17, 15) is 14.4 Å². The van der Waals surface area contributed by atoms with E-state index in [4.69, 9.17) is 0 Å². The Morgan fingerprint density at radius 3 is 2.55 bits per heavy atom. The first-order valence-electron chi connectivity index (χ1n) is 11.0. The summed E-state index contributed by atoms with van der Waals surface area (Å²) < 4.78 is 1.54. The van der Waals surface area contributed by atoms with Gasteiger partial charge in [0, 0.05) is 43.4 Å². The molecule has 1 saturated heterocycles. The normalized spacial score (nSPS) is 21.2. The average molecular weight is 447 g/mol. The molecule has 33 heavy (non-hydrogen) atoms. The van der Waals surface area contributed by atoms with Crippen molar-refractivity contribution >= 4 is 28.5 Å². The van der Waals surface area contributed by atoms with Crippen LogP contribution in [0.5, 0.6) is 0 Å². The largest absolute Gasteiger partial charge is 0.357 e. The molecule has 1 N–H and O–H groups in total. The van der Waals surface area contributed by atoms with Crippen molar-refractivity contribution in [1.82, 2.24) is 34.9 Å². The molecule has 0 bridgehead atoms. The highest BCUT2D eigenvalue weighted by molar-refractivity contribution is 6.06. The zero-order valence-corrected chi connectivity index (χ0v) is 19.0. The summed E-state index contributed by atoms with van der Waals surface area (Å²) in [4.78, 5) is 52.8. The number of likely N-dealkylation sites (N-methyl/N-ethyl adjacent to an activating group) is 1. The van der Waals surface area contributed by atoms with Gasteiger partial charge in [-0.1, -0.05) is 0 Å². The van der Waals surface area contributed by atoms with Gasteiger partial charge in [-0.25, -0.2) is 9.97 Å². The van der Waals surface area contributed by atoms with Gasteiger partial charge in [-0.15, -0.1) is 0 Å². The SMILES string of the molecule is CNC(=O)C1CC2CC2N1C(=O)Cn1nc(C(C)=O)c2cc(-c3cnc(C)nc3)nc(C)c21. The van der Waals surface area contributed by atoms with Crippen molar-refractivity contribution in [3.63, 3.8) is 0 Å². The minimum absolute atomic E-state index is 0.0595. The molecule has 10 heteroatoms. The molecule has 3 unspecified atom stereocenters. The van der Waals surface area contributed by atoms with Crippen LogP contribution in [0.4, 0.5) is 0 Å². The summed E-state index contributed by atoms with van der Waals surface area (Å²) in [5.41, 5.74) is 2.92. The smallest absolute Gasteiger partial charge is 0.245 e. The van der Waals surface area contributed by atoms with E-state index in [0.29, 0.717) is 40.5 Å². The molecule has 1 aliphatic heterocycles. The number of fused-ring (bicyclic) bond motifs is 2. The summed E-state index contributed by atoms with van der Waals surface area (Å²) in [5.74, 6) is 0.523. The molecule has 10 nitrogen and oxygen atoms in total. The number of aryl methyl sites for hydroxylation is 2. The van der Waals surface area contributed by atoms with Crippen LogP contribution >= 0.6 is 0 Å². The van der Waals surface area contributed by atoms with E-state index in [0.717, 1.165) is 12.0 Å². The number of pyridine rings is 1. The summed E-state index contributed by atoms with van der Waals surface area (Å²) >= 11 is 0. The number of piperidine rings is 1. The topological polar surface area (TPSA) is 123 Å². The number of carbonyl (C=O) groups is 3. The third-order valence-electron chi connectivity index (χ3n) is 6.54. The number of aromatic nitrogens is 5. The first kappa shape index (κ1) is 21.2. The number of amides is 2. The Labute approximate surface area is 190 Å². The van der Waals surface area contributed by atoms with Crippen LogP contribution in [0, 0.1) is 19.8 Å². The van der Waals surface area contributed by atoms with Crippen molar-refractivity contribution in [1.29, 1.82) is 0 Å². The van der Waals surface area contributed by atoms with Gasteiger partial charge in [0.05, 0.1) is 16.9 Å². The van der Waals surface area contributed by atoms with E-state index in [1.165, 1.54) is 6.92 Å². The van der Waals surface area contributed by atoms with Gasteiger partial charge in [-0.05, 0) is 38.7 Å². The second kappa shape index (κ2) is 7.72. The Bertz CT molecular complexity index is 1300. The Balaban J connectivity index is 1.53. The lowest BCUT2D eigenvalue weighted by molar-refractivity contribution is -0.140. The molecule has 170 valence electrons. The van der Waals surface area contributed by atoms with Crippen LogP contribution in [-0.2, 0) is 16.1 Å². The molecular weight excluding hydrogens is 422 g/mol. The number of hydrogen-bond donors (Lipinski definition) is 1. The number of ketones is 1. The molecule has 0 spiro atoms. The third kappa shape index (κ3) is 3.55. The molecule has 3 aromatic rings. The van der Waals surface area contributed by atoms with E-state index >= 15 is 0 Å². The van der Waals surface area contributed by atoms with Crippen LogP contribution in [-0.4, -0.2) is 66.4 Å². The highest BCUT2D eigenvalue weighted by Gasteiger charge is 2.55. The van der Waals surface area contributed by atoms with Crippen molar-refractivity contribution in [2.75, 3.05) is 7.05 Å². The van der Waals surface area contributed by atoms with Gasteiger partial charge >= 0.3 is 0 Å². The quantitative estimate of drug-likeness (QED) is 0.587.